The fraction of sp³-hybridized carbons (Fsp3) is 0.556. The summed E-state index contributed by atoms with van der Waals surface area (Å²) in [4.78, 5) is 14.6. The Bertz CT molecular complexity index is 593. The molecule has 2 fully saturated rings. The van der Waals surface area contributed by atoms with Gasteiger partial charge in [0.1, 0.15) is 0 Å². The van der Waals surface area contributed by atoms with Crippen molar-refractivity contribution < 1.29 is 14.3 Å². The van der Waals surface area contributed by atoms with Gasteiger partial charge in [-0.2, -0.15) is 5.26 Å². The van der Waals surface area contributed by atoms with Crippen molar-refractivity contribution in [3.63, 3.8) is 0 Å². The third-order valence-corrected chi connectivity index (χ3v) is 5.40. The highest BCUT2D eigenvalue weighted by Crippen LogP contribution is 2.25. The van der Waals surface area contributed by atoms with E-state index in [9.17, 15) is 4.79 Å². The summed E-state index contributed by atoms with van der Waals surface area (Å²) in [5, 5.41) is 8.81. The Hall–Kier alpha value is -1.55. The molecule has 2 aliphatic heterocycles. The van der Waals surface area contributed by atoms with Gasteiger partial charge in [0.15, 0.2) is 6.29 Å². The molecule has 6 heteroatoms. The number of ether oxygens (including phenoxy) is 2. The van der Waals surface area contributed by atoms with Gasteiger partial charge in [-0.1, -0.05) is 12.1 Å². The molecule has 0 saturated carbocycles. The SMILES string of the molecule is N#Cc1ccc(CSCC(=O)N2CCCCC2C2OCCO2)cc1. The molecule has 24 heavy (non-hydrogen) atoms. The number of amides is 1. The number of thioether (sulfide) groups is 1. The molecule has 1 amide bonds. The minimum atomic E-state index is -0.252. The Labute approximate surface area is 146 Å². The summed E-state index contributed by atoms with van der Waals surface area (Å²) in [6.45, 7) is 2.04. The van der Waals surface area contributed by atoms with Gasteiger partial charge in [0, 0.05) is 12.3 Å². The number of nitriles is 1. The lowest BCUT2D eigenvalue weighted by Gasteiger charge is -2.38. The van der Waals surface area contributed by atoms with E-state index in [-0.39, 0.29) is 18.2 Å². The first-order valence-electron chi connectivity index (χ1n) is 8.37. The van der Waals surface area contributed by atoms with Crippen LogP contribution in [0.25, 0.3) is 0 Å². The minimum absolute atomic E-state index is 0.0595. The van der Waals surface area contributed by atoms with Gasteiger partial charge in [-0.05, 0) is 37.0 Å². The smallest absolute Gasteiger partial charge is 0.233 e. The van der Waals surface area contributed by atoms with Gasteiger partial charge < -0.3 is 14.4 Å². The van der Waals surface area contributed by atoms with E-state index in [2.05, 4.69) is 6.07 Å². The van der Waals surface area contributed by atoms with Gasteiger partial charge >= 0.3 is 0 Å². The van der Waals surface area contributed by atoms with Crippen molar-refractivity contribution >= 4 is 17.7 Å². The first-order valence-corrected chi connectivity index (χ1v) is 9.53. The number of hydrogen-bond acceptors (Lipinski definition) is 5. The summed E-state index contributed by atoms with van der Waals surface area (Å²) >= 11 is 1.61. The number of nitrogens with zero attached hydrogens (tertiary/aromatic N) is 2. The molecule has 1 aromatic carbocycles. The molecule has 1 aromatic rings. The molecule has 2 aliphatic rings. The number of piperidine rings is 1. The average Bonchev–Trinajstić information content (AvgIpc) is 3.17. The Morgan fingerprint density at radius 1 is 1.25 bits per heavy atom. The maximum Gasteiger partial charge on any atom is 0.233 e. The zero-order valence-electron chi connectivity index (χ0n) is 13.6. The van der Waals surface area contributed by atoms with Crippen molar-refractivity contribution in [2.75, 3.05) is 25.5 Å². The third-order valence-electron chi connectivity index (χ3n) is 4.41. The topological polar surface area (TPSA) is 62.6 Å². The zero-order valence-corrected chi connectivity index (χ0v) is 14.5. The molecule has 2 heterocycles. The monoisotopic (exact) mass is 346 g/mol. The van der Waals surface area contributed by atoms with Crippen LogP contribution in [0.3, 0.4) is 0 Å². The van der Waals surface area contributed by atoms with E-state index in [1.54, 1.807) is 11.8 Å². The molecule has 0 aliphatic carbocycles. The second-order valence-electron chi connectivity index (χ2n) is 6.06. The number of benzene rings is 1. The van der Waals surface area contributed by atoms with Gasteiger partial charge in [-0.3, -0.25) is 4.79 Å². The highest BCUT2D eigenvalue weighted by atomic mass is 32.2. The lowest BCUT2D eigenvalue weighted by Crippen LogP contribution is -2.50. The maximum absolute atomic E-state index is 12.6. The Morgan fingerprint density at radius 2 is 2.00 bits per heavy atom. The quantitative estimate of drug-likeness (QED) is 0.820. The minimum Gasteiger partial charge on any atom is -0.348 e. The van der Waals surface area contributed by atoms with Crippen LogP contribution in [0.15, 0.2) is 24.3 Å². The van der Waals surface area contributed by atoms with Crippen LogP contribution in [-0.4, -0.2) is 48.7 Å². The van der Waals surface area contributed by atoms with Crippen LogP contribution in [0.2, 0.25) is 0 Å². The second kappa shape index (κ2) is 8.52. The van der Waals surface area contributed by atoms with Crippen LogP contribution in [0.4, 0.5) is 0 Å². The van der Waals surface area contributed by atoms with Gasteiger partial charge in [0.2, 0.25) is 5.91 Å². The molecule has 0 bridgehead atoms. The van der Waals surface area contributed by atoms with Gasteiger partial charge in [0.25, 0.3) is 0 Å². The number of carbonyl (C=O) groups excluding carboxylic acids is 1. The Balaban J connectivity index is 1.50. The van der Waals surface area contributed by atoms with E-state index in [4.69, 9.17) is 14.7 Å². The fourth-order valence-corrected chi connectivity index (χ4v) is 4.03. The standard InChI is InChI=1S/C18H22N2O3S/c19-11-14-4-6-15(7-5-14)12-24-13-17(21)20-8-2-1-3-16(20)18-22-9-10-23-18/h4-7,16,18H,1-3,8-10,12-13H2. The first-order chi connectivity index (χ1) is 11.8. The normalized spacial score (nSPS) is 21.6. The summed E-state index contributed by atoms with van der Waals surface area (Å²) in [5.41, 5.74) is 1.79. The van der Waals surface area contributed by atoms with E-state index >= 15 is 0 Å². The summed E-state index contributed by atoms with van der Waals surface area (Å²) < 4.78 is 11.2. The summed E-state index contributed by atoms with van der Waals surface area (Å²) in [7, 11) is 0. The molecule has 0 aromatic heterocycles. The molecule has 2 saturated heterocycles. The Kier molecular flexibility index (Phi) is 6.13. The van der Waals surface area contributed by atoms with E-state index in [0.29, 0.717) is 24.5 Å². The van der Waals surface area contributed by atoms with E-state index in [0.717, 1.165) is 37.1 Å². The van der Waals surface area contributed by atoms with Crippen molar-refractivity contribution in [1.82, 2.24) is 4.90 Å². The van der Waals surface area contributed by atoms with Gasteiger partial charge in [-0.25, -0.2) is 0 Å². The fourth-order valence-electron chi connectivity index (χ4n) is 3.16. The van der Waals surface area contributed by atoms with E-state index in [1.165, 1.54) is 0 Å². The molecule has 128 valence electrons. The van der Waals surface area contributed by atoms with Crippen molar-refractivity contribution in [2.45, 2.75) is 37.3 Å². The van der Waals surface area contributed by atoms with E-state index < -0.39 is 0 Å². The molecule has 5 nitrogen and oxygen atoms in total. The number of likely N-dealkylation sites (tertiary alicyclic amines) is 1. The van der Waals surface area contributed by atoms with Gasteiger partial charge in [-0.15, -0.1) is 11.8 Å². The average molecular weight is 346 g/mol. The largest absolute Gasteiger partial charge is 0.348 e. The zero-order chi connectivity index (χ0) is 16.8. The summed E-state index contributed by atoms with van der Waals surface area (Å²) in [6, 6.07) is 9.69. The summed E-state index contributed by atoms with van der Waals surface area (Å²) in [6.07, 6.45) is 2.87. The van der Waals surface area contributed by atoms with Crippen molar-refractivity contribution in [3.8, 4) is 6.07 Å². The highest BCUT2D eigenvalue weighted by molar-refractivity contribution is 7.99. The molecule has 1 unspecified atom stereocenters. The van der Waals surface area contributed by atoms with Crippen LogP contribution in [0.5, 0.6) is 0 Å². The molecule has 1 atom stereocenters. The predicted molar refractivity (Wildman–Crippen MR) is 92.4 cm³/mol. The first kappa shape index (κ1) is 17.3. The number of hydrogen-bond donors (Lipinski definition) is 0. The molecule has 0 radical (unpaired) electrons. The lowest BCUT2D eigenvalue weighted by atomic mass is 10.0. The molecule has 0 N–H and O–H groups in total. The molecular formula is C18H22N2O3S. The highest BCUT2D eigenvalue weighted by Gasteiger charge is 2.35. The molecular weight excluding hydrogens is 324 g/mol. The van der Waals surface area contributed by atoms with Crippen molar-refractivity contribution in [1.29, 1.82) is 5.26 Å². The van der Waals surface area contributed by atoms with Crippen LogP contribution < -0.4 is 0 Å². The Morgan fingerprint density at radius 3 is 2.71 bits per heavy atom. The molecule has 3 rings (SSSR count). The maximum atomic E-state index is 12.6. The second-order valence-corrected chi connectivity index (χ2v) is 7.05. The number of rotatable bonds is 5. The van der Waals surface area contributed by atoms with Crippen LogP contribution >= 0.6 is 11.8 Å². The van der Waals surface area contributed by atoms with Crippen LogP contribution in [0, 0.1) is 11.3 Å². The summed E-state index contributed by atoms with van der Waals surface area (Å²) in [5.74, 6) is 1.40. The van der Waals surface area contributed by atoms with E-state index in [1.807, 2.05) is 29.2 Å². The third kappa shape index (κ3) is 4.29. The lowest BCUT2D eigenvalue weighted by molar-refractivity contribution is -0.148. The van der Waals surface area contributed by atoms with Crippen LogP contribution in [-0.2, 0) is 20.0 Å². The van der Waals surface area contributed by atoms with Crippen molar-refractivity contribution in [2.24, 2.45) is 0 Å². The van der Waals surface area contributed by atoms with Crippen LogP contribution in [0.1, 0.15) is 30.4 Å². The number of carbonyl (C=O) groups is 1. The van der Waals surface area contributed by atoms with Crippen molar-refractivity contribution in [3.05, 3.63) is 35.4 Å². The molecule has 0 spiro atoms. The van der Waals surface area contributed by atoms with Gasteiger partial charge in [0.05, 0.1) is 36.6 Å². The predicted octanol–water partition coefficient (Wildman–Crippen LogP) is 2.55.